The van der Waals surface area contributed by atoms with E-state index in [4.69, 9.17) is 9.15 Å². The molecule has 2 aromatic heterocycles. The summed E-state index contributed by atoms with van der Waals surface area (Å²) in [6.07, 6.45) is 2.53. The van der Waals surface area contributed by atoms with Gasteiger partial charge in [0.05, 0.1) is 5.69 Å². The Morgan fingerprint density at radius 3 is 2.56 bits per heavy atom. The van der Waals surface area contributed by atoms with E-state index < -0.39 is 5.63 Å². The van der Waals surface area contributed by atoms with E-state index in [1.165, 1.54) is 23.4 Å². The van der Waals surface area contributed by atoms with E-state index in [0.717, 1.165) is 23.4 Å². The number of aromatic nitrogens is 1. The van der Waals surface area contributed by atoms with Crippen LogP contribution in [0.1, 0.15) is 16.8 Å². The molecule has 0 aliphatic carbocycles. The number of thioether (sulfide) groups is 1. The smallest absolute Gasteiger partial charge is 0.353 e. The summed E-state index contributed by atoms with van der Waals surface area (Å²) in [5.41, 5.74) is 3.07. The maximum absolute atomic E-state index is 12.5. The van der Waals surface area contributed by atoms with Gasteiger partial charge in [0.2, 0.25) is 0 Å². The van der Waals surface area contributed by atoms with Crippen molar-refractivity contribution in [2.75, 3.05) is 5.75 Å². The quantitative estimate of drug-likeness (QED) is 0.354. The summed E-state index contributed by atoms with van der Waals surface area (Å²) in [5.74, 6) is 1.64. The lowest BCUT2D eigenvalue weighted by atomic mass is 10.1. The standard InChI is InChI=1S/C26H23NO4S/c1-18-15-20(10-11-23(18)30-17-21-9-5-6-13-27-21)24-16-22(28)25(26(29)31-24)32-14-12-19-7-3-2-4-8-19/h2-11,13,15-16,28H,12,14,17H2,1H3. The highest BCUT2D eigenvalue weighted by Gasteiger charge is 2.14. The van der Waals surface area contributed by atoms with Crippen molar-refractivity contribution in [3.8, 4) is 22.8 Å². The number of aryl methyl sites for hydroxylation is 2. The highest BCUT2D eigenvalue weighted by Crippen LogP contribution is 2.32. The van der Waals surface area contributed by atoms with E-state index in [-0.39, 0.29) is 10.6 Å². The van der Waals surface area contributed by atoms with Crippen LogP contribution in [0.25, 0.3) is 11.3 Å². The van der Waals surface area contributed by atoms with E-state index in [1.54, 1.807) is 12.3 Å². The number of aromatic hydroxyl groups is 1. The molecular weight excluding hydrogens is 422 g/mol. The van der Waals surface area contributed by atoms with Crippen molar-refractivity contribution in [1.29, 1.82) is 0 Å². The molecule has 0 aliphatic rings. The Morgan fingerprint density at radius 2 is 1.84 bits per heavy atom. The summed E-state index contributed by atoms with van der Waals surface area (Å²) in [5, 5.41) is 10.5. The zero-order valence-electron chi connectivity index (χ0n) is 17.7. The predicted molar refractivity (Wildman–Crippen MR) is 126 cm³/mol. The van der Waals surface area contributed by atoms with Gasteiger partial charge in [-0.3, -0.25) is 4.98 Å². The van der Waals surface area contributed by atoms with Gasteiger partial charge in [0.15, 0.2) is 0 Å². The molecule has 6 heteroatoms. The Hall–Kier alpha value is -3.51. The van der Waals surface area contributed by atoms with Crippen molar-refractivity contribution < 1.29 is 14.3 Å². The number of rotatable bonds is 8. The second-order valence-electron chi connectivity index (χ2n) is 7.29. The summed E-state index contributed by atoms with van der Waals surface area (Å²) in [6.45, 7) is 2.29. The van der Waals surface area contributed by atoms with E-state index in [1.807, 2.05) is 67.6 Å². The van der Waals surface area contributed by atoms with Gasteiger partial charge in [0.1, 0.15) is 28.8 Å². The zero-order valence-corrected chi connectivity index (χ0v) is 18.5. The molecule has 32 heavy (non-hydrogen) atoms. The molecule has 4 aromatic rings. The van der Waals surface area contributed by atoms with Gasteiger partial charge in [0.25, 0.3) is 0 Å². The zero-order chi connectivity index (χ0) is 22.3. The molecule has 0 saturated heterocycles. The summed E-state index contributed by atoms with van der Waals surface area (Å²) in [7, 11) is 0. The van der Waals surface area contributed by atoms with E-state index in [2.05, 4.69) is 4.98 Å². The Kier molecular flexibility index (Phi) is 6.92. The summed E-state index contributed by atoms with van der Waals surface area (Å²) >= 11 is 1.30. The second kappa shape index (κ2) is 10.2. The molecule has 0 radical (unpaired) electrons. The van der Waals surface area contributed by atoms with Crippen LogP contribution >= 0.6 is 11.8 Å². The van der Waals surface area contributed by atoms with Crippen LogP contribution in [0.2, 0.25) is 0 Å². The Labute approximate surface area is 190 Å². The van der Waals surface area contributed by atoms with Crippen molar-refractivity contribution >= 4 is 11.8 Å². The number of ether oxygens (including phenoxy) is 1. The van der Waals surface area contributed by atoms with Gasteiger partial charge in [0, 0.05) is 23.6 Å². The molecule has 0 saturated carbocycles. The van der Waals surface area contributed by atoms with Crippen molar-refractivity contribution in [2.45, 2.75) is 24.8 Å². The lowest BCUT2D eigenvalue weighted by Gasteiger charge is -2.11. The maximum Gasteiger partial charge on any atom is 0.353 e. The fraction of sp³-hybridized carbons (Fsp3) is 0.154. The summed E-state index contributed by atoms with van der Waals surface area (Å²) in [4.78, 5) is 17.0. The number of benzene rings is 2. The van der Waals surface area contributed by atoms with Gasteiger partial charge >= 0.3 is 5.63 Å². The fourth-order valence-electron chi connectivity index (χ4n) is 3.26. The molecule has 0 spiro atoms. The van der Waals surface area contributed by atoms with Gasteiger partial charge in [-0.2, -0.15) is 0 Å². The lowest BCUT2D eigenvalue weighted by Crippen LogP contribution is -2.04. The van der Waals surface area contributed by atoms with Crippen LogP contribution in [0, 0.1) is 6.92 Å². The number of hydrogen-bond acceptors (Lipinski definition) is 6. The van der Waals surface area contributed by atoms with Gasteiger partial charge in [-0.05, 0) is 54.8 Å². The van der Waals surface area contributed by atoms with Crippen LogP contribution in [-0.4, -0.2) is 15.8 Å². The first-order valence-electron chi connectivity index (χ1n) is 10.3. The van der Waals surface area contributed by atoms with Gasteiger partial charge < -0.3 is 14.3 Å². The Bertz CT molecular complexity index is 1240. The molecule has 0 bridgehead atoms. The largest absolute Gasteiger partial charge is 0.506 e. The minimum absolute atomic E-state index is 0.0672. The predicted octanol–water partition coefficient (Wildman–Crippen LogP) is 5.63. The average molecular weight is 446 g/mol. The van der Waals surface area contributed by atoms with Crippen LogP contribution in [0.4, 0.5) is 0 Å². The Morgan fingerprint density at radius 1 is 1.03 bits per heavy atom. The second-order valence-corrected chi connectivity index (χ2v) is 8.39. The van der Waals surface area contributed by atoms with E-state index in [9.17, 15) is 9.90 Å². The van der Waals surface area contributed by atoms with E-state index in [0.29, 0.717) is 23.7 Å². The topological polar surface area (TPSA) is 72.6 Å². The average Bonchev–Trinajstić information content (AvgIpc) is 2.81. The molecule has 162 valence electrons. The lowest BCUT2D eigenvalue weighted by molar-refractivity contribution is 0.299. The molecule has 2 aromatic carbocycles. The monoisotopic (exact) mass is 445 g/mol. The van der Waals surface area contributed by atoms with Crippen LogP contribution in [0.3, 0.4) is 0 Å². The van der Waals surface area contributed by atoms with E-state index >= 15 is 0 Å². The van der Waals surface area contributed by atoms with Crippen LogP contribution in [0.15, 0.2) is 93.1 Å². The van der Waals surface area contributed by atoms with Crippen molar-refractivity contribution in [2.24, 2.45) is 0 Å². The third kappa shape index (κ3) is 5.39. The summed E-state index contributed by atoms with van der Waals surface area (Å²) < 4.78 is 11.4. The van der Waals surface area contributed by atoms with Gasteiger partial charge in [-0.1, -0.05) is 36.4 Å². The molecule has 2 heterocycles. The highest BCUT2D eigenvalue weighted by atomic mass is 32.2. The first-order chi connectivity index (χ1) is 15.6. The number of pyridine rings is 1. The number of hydrogen-bond donors (Lipinski definition) is 1. The van der Waals surface area contributed by atoms with Crippen LogP contribution in [-0.2, 0) is 13.0 Å². The minimum Gasteiger partial charge on any atom is -0.506 e. The molecule has 0 aliphatic heterocycles. The van der Waals surface area contributed by atoms with Gasteiger partial charge in [-0.15, -0.1) is 11.8 Å². The normalized spacial score (nSPS) is 10.8. The molecule has 4 rings (SSSR count). The molecular formula is C26H23NO4S. The minimum atomic E-state index is -0.536. The Balaban J connectivity index is 1.45. The van der Waals surface area contributed by atoms with Crippen LogP contribution in [0.5, 0.6) is 11.5 Å². The van der Waals surface area contributed by atoms with Crippen molar-refractivity contribution in [3.63, 3.8) is 0 Å². The molecule has 1 N–H and O–H groups in total. The maximum atomic E-state index is 12.5. The first kappa shape index (κ1) is 21.7. The SMILES string of the molecule is Cc1cc(-c2cc(O)c(SCCc3ccccc3)c(=O)o2)ccc1OCc1ccccn1. The highest BCUT2D eigenvalue weighted by molar-refractivity contribution is 7.99. The van der Waals surface area contributed by atoms with Gasteiger partial charge in [-0.25, -0.2) is 4.79 Å². The number of nitrogens with zero attached hydrogens (tertiary/aromatic N) is 1. The fourth-order valence-corrected chi connectivity index (χ4v) is 4.17. The third-order valence-corrected chi connectivity index (χ3v) is 6.00. The van der Waals surface area contributed by atoms with Crippen molar-refractivity contribution in [3.05, 3.63) is 106 Å². The van der Waals surface area contributed by atoms with Crippen LogP contribution < -0.4 is 10.4 Å². The first-order valence-corrected chi connectivity index (χ1v) is 11.3. The molecule has 0 fully saturated rings. The third-order valence-electron chi connectivity index (χ3n) is 4.93. The van der Waals surface area contributed by atoms with Crippen molar-refractivity contribution in [1.82, 2.24) is 4.98 Å². The molecule has 0 atom stereocenters. The molecule has 5 nitrogen and oxygen atoms in total. The molecule has 0 amide bonds. The summed E-state index contributed by atoms with van der Waals surface area (Å²) in [6, 6.07) is 22.7. The molecule has 0 unspecified atom stereocenters.